The number of Topliss-reactive ketones (excluding diaryl/α,β-unsaturated/α-hetero) is 1. The van der Waals surface area contributed by atoms with Crippen molar-refractivity contribution < 1.29 is 30.3 Å². The predicted molar refractivity (Wildman–Crippen MR) is 88.0 cm³/mol. The van der Waals surface area contributed by atoms with Gasteiger partial charge < -0.3 is 35.4 Å². The van der Waals surface area contributed by atoms with Crippen molar-refractivity contribution in [1.82, 2.24) is 4.98 Å². The number of fused-ring (bicyclic) bond motifs is 1. The van der Waals surface area contributed by atoms with E-state index in [0.29, 0.717) is 12.2 Å². The number of anilines is 1. The number of aliphatic hydroxyl groups excluding tert-OH is 4. The molecule has 0 aliphatic heterocycles. The average molecular weight is 338 g/mol. The van der Waals surface area contributed by atoms with E-state index in [0.717, 1.165) is 10.9 Å². The molecule has 0 aliphatic rings. The van der Waals surface area contributed by atoms with Crippen LogP contribution in [0, 0.1) is 0 Å². The fourth-order valence-corrected chi connectivity index (χ4v) is 2.51. The Kier molecular flexibility index (Phi) is 5.79. The number of phenols is 1. The van der Waals surface area contributed by atoms with Crippen molar-refractivity contribution in [3.8, 4) is 5.75 Å². The van der Waals surface area contributed by atoms with Crippen molar-refractivity contribution in [2.45, 2.75) is 25.2 Å². The Hall–Kier alpha value is -2.13. The second kappa shape index (κ2) is 7.63. The quantitative estimate of drug-likeness (QED) is 0.376. The maximum atomic E-state index is 12.2. The summed E-state index contributed by atoms with van der Waals surface area (Å²) in [5.74, 6) is -0.599. The van der Waals surface area contributed by atoms with E-state index in [1.807, 2.05) is 6.92 Å². The summed E-state index contributed by atoms with van der Waals surface area (Å²) in [5.41, 5.74) is 1.45. The minimum atomic E-state index is -1.81. The molecule has 0 amide bonds. The maximum absolute atomic E-state index is 12.2. The summed E-state index contributed by atoms with van der Waals surface area (Å²) in [6.45, 7) is 1.31. The molecule has 1 aromatic carbocycles. The molecule has 0 bridgehead atoms. The summed E-state index contributed by atoms with van der Waals surface area (Å²) >= 11 is 0. The number of H-pyrrole nitrogens is 1. The van der Waals surface area contributed by atoms with Gasteiger partial charge in [0, 0.05) is 23.6 Å². The van der Waals surface area contributed by atoms with Crippen LogP contribution in [0.2, 0.25) is 0 Å². The zero-order valence-corrected chi connectivity index (χ0v) is 13.3. The molecular weight excluding hydrogens is 316 g/mol. The van der Waals surface area contributed by atoms with Crippen LogP contribution >= 0.6 is 0 Å². The van der Waals surface area contributed by atoms with Gasteiger partial charge in [0.05, 0.1) is 18.8 Å². The summed E-state index contributed by atoms with van der Waals surface area (Å²) in [4.78, 5) is 16.9. The number of hydrogen-bond acceptors (Lipinski definition) is 7. The van der Waals surface area contributed by atoms with E-state index in [9.17, 15) is 25.2 Å². The van der Waals surface area contributed by atoms with E-state index in [2.05, 4.69) is 4.98 Å². The number of nitrogens with one attached hydrogen (secondary N) is 1. The summed E-state index contributed by atoms with van der Waals surface area (Å²) in [5, 5.41) is 48.0. The van der Waals surface area contributed by atoms with Crippen molar-refractivity contribution in [2.75, 3.05) is 24.6 Å². The number of likely N-dealkylation sites (N-methyl/N-ethyl adjacent to an activating group) is 1. The number of phenolic OH excluding ortho intramolecular Hbond substituents is 1. The second-order valence-electron chi connectivity index (χ2n) is 5.57. The second-order valence-corrected chi connectivity index (χ2v) is 5.57. The van der Waals surface area contributed by atoms with E-state index in [-0.39, 0.29) is 12.3 Å². The molecule has 0 fully saturated rings. The molecule has 1 aromatic heterocycles. The van der Waals surface area contributed by atoms with Crippen LogP contribution in [0.4, 0.5) is 5.69 Å². The zero-order valence-electron chi connectivity index (χ0n) is 13.3. The van der Waals surface area contributed by atoms with E-state index in [1.54, 1.807) is 29.3 Å². The van der Waals surface area contributed by atoms with Gasteiger partial charge in [0.2, 0.25) is 0 Å². The van der Waals surface area contributed by atoms with Gasteiger partial charge in [-0.2, -0.15) is 0 Å². The Morgan fingerprint density at radius 3 is 2.62 bits per heavy atom. The third kappa shape index (κ3) is 3.68. The summed E-state index contributed by atoms with van der Waals surface area (Å²) in [7, 11) is 0. The topological polar surface area (TPSA) is 137 Å². The average Bonchev–Trinajstić information content (AvgIpc) is 3.00. The van der Waals surface area contributed by atoms with E-state index < -0.39 is 30.7 Å². The fourth-order valence-electron chi connectivity index (χ4n) is 2.51. The van der Waals surface area contributed by atoms with Crippen LogP contribution in [-0.4, -0.2) is 74.3 Å². The number of ketones is 1. The summed E-state index contributed by atoms with van der Waals surface area (Å²) in [6, 6.07) is 4.82. The fraction of sp³-hybridized carbons (Fsp3) is 0.438. The monoisotopic (exact) mass is 338 g/mol. The largest absolute Gasteiger partial charge is 0.508 e. The molecule has 0 aliphatic carbocycles. The molecule has 8 heteroatoms. The minimum absolute atomic E-state index is 0.0901. The first-order valence-electron chi connectivity index (χ1n) is 7.61. The van der Waals surface area contributed by atoms with Crippen LogP contribution in [-0.2, 0) is 4.79 Å². The van der Waals surface area contributed by atoms with Crippen LogP contribution in [0.1, 0.15) is 6.92 Å². The number of aliphatic hydroxyl groups is 4. The lowest BCUT2D eigenvalue weighted by molar-refractivity contribution is -0.138. The number of aromatic hydroxyl groups is 1. The molecule has 0 saturated heterocycles. The lowest BCUT2D eigenvalue weighted by Crippen LogP contribution is -2.47. The van der Waals surface area contributed by atoms with Gasteiger partial charge in [-0.15, -0.1) is 0 Å². The number of hydrogen-bond donors (Lipinski definition) is 6. The van der Waals surface area contributed by atoms with Gasteiger partial charge >= 0.3 is 0 Å². The van der Waals surface area contributed by atoms with Crippen molar-refractivity contribution >= 4 is 22.4 Å². The van der Waals surface area contributed by atoms with Crippen molar-refractivity contribution in [3.05, 3.63) is 24.4 Å². The highest BCUT2D eigenvalue weighted by atomic mass is 16.4. The Morgan fingerprint density at radius 1 is 1.29 bits per heavy atom. The number of nitrogens with zero attached hydrogens (tertiary/aromatic N) is 1. The molecule has 0 saturated carbocycles. The lowest BCUT2D eigenvalue weighted by Gasteiger charge is -2.25. The molecule has 3 atom stereocenters. The maximum Gasteiger partial charge on any atom is 0.183 e. The van der Waals surface area contributed by atoms with Crippen molar-refractivity contribution in [2.24, 2.45) is 0 Å². The highest BCUT2D eigenvalue weighted by molar-refractivity contribution is 5.96. The predicted octanol–water partition coefficient (Wildman–Crippen LogP) is -0.656. The third-order valence-electron chi connectivity index (χ3n) is 3.95. The van der Waals surface area contributed by atoms with Crippen LogP contribution < -0.4 is 4.90 Å². The number of rotatable bonds is 8. The number of benzene rings is 1. The van der Waals surface area contributed by atoms with E-state index >= 15 is 0 Å². The van der Waals surface area contributed by atoms with Gasteiger partial charge in [0.25, 0.3) is 0 Å². The first-order valence-corrected chi connectivity index (χ1v) is 7.61. The normalized spacial score (nSPS) is 15.2. The molecule has 0 unspecified atom stereocenters. The number of aromatic amines is 1. The molecule has 2 aromatic rings. The minimum Gasteiger partial charge on any atom is -0.508 e. The van der Waals surface area contributed by atoms with Crippen molar-refractivity contribution in [1.29, 1.82) is 0 Å². The summed E-state index contributed by atoms with van der Waals surface area (Å²) < 4.78 is 0. The molecule has 6 N–H and O–H groups in total. The highest BCUT2D eigenvalue weighted by Crippen LogP contribution is 2.29. The first-order chi connectivity index (χ1) is 11.4. The zero-order chi connectivity index (χ0) is 17.9. The van der Waals surface area contributed by atoms with Gasteiger partial charge in [0.15, 0.2) is 5.78 Å². The van der Waals surface area contributed by atoms with Gasteiger partial charge in [0.1, 0.15) is 24.1 Å². The Morgan fingerprint density at radius 2 is 2.00 bits per heavy atom. The van der Waals surface area contributed by atoms with E-state index in [4.69, 9.17) is 5.11 Å². The Bertz CT molecular complexity index is 701. The third-order valence-corrected chi connectivity index (χ3v) is 3.95. The van der Waals surface area contributed by atoms with Crippen LogP contribution in [0.5, 0.6) is 5.75 Å². The molecule has 0 spiro atoms. The first kappa shape index (κ1) is 18.2. The SMILES string of the molecule is CCN(CC(=O)[C@@H](O)[C@H](O)[C@H](O)CO)c1c[nH]c2ccc(O)cc12. The number of carbonyl (C=O) groups is 1. The highest BCUT2D eigenvalue weighted by Gasteiger charge is 2.30. The Balaban J connectivity index is 2.19. The van der Waals surface area contributed by atoms with Crippen LogP contribution in [0.25, 0.3) is 10.9 Å². The van der Waals surface area contributed by atoms with Gasteiger partial charge in [-0.25, -0.2) is 0 Å². The van der Waals surface area contributed by atoms with Crippen molar-refractivity contribution in [3.63, 3.8) is 0 Å². The molecule has 132 valence electrons. The number of aromatic nitrogens is 1. The molecule has 2 rings (SSSR count). The Labute approximate surface area is 138 Å². The van der Waals surface area contributed by atoms with Gasteiger partial charge in [-0.05, 0) is 25.1 Å². The smallest absolute Gasteiger partial charge is 0.183 e. The number of carbonyl (C=O) groups excluding carboxylic acids is 1. The lowest BCUT2D eigenvalue weighted by atomic mass is 10.0. The standard InChI is InChI=1S/C16H22N2O6/c1-2-18(7-13(21)15(23)16(24)14(22)8-19)12-6-17-11-4-3-9(20)5-10(11)12/h3-6,14-17,19-20,22-24H,2,7-8H2,1H3/t14-,15-,16-/m1/s1. The van der Waals surface area contributed by atoms with E-state index in [1.165, 1.54) is 0 Å². The molecular formula is C16H22N2O6. The van der Waals surface area contributed by atoms with Gasteiger partial charge in [-0.1, -0.05) is 0 Å². The van der Waals surface area contributed by atoms with Gasteiger partial charge in [-0.3, -0.25) is 4.79 Å². The molecule has 1 heterocycles. The van der Waals surface area contributed by atoms with Crippen LogP contribution in [0.15, 0.2) is 24.4 Å². The molecule has 8 nitrogen and oxygen atoms in total. The summed E-state index contributed by atoms with van der Waals surface area (Å²) in [6.07, 6.45) is -3.47. The molecule has 24 heavy (non-hydrogen) atoms. The molecule has 0 radical (unpaired) electrons. The van der Waals surface area contributed by atoms with Crippen LogP contribution in [0.3, 0.4) is 0 Å².